The summed E-state index contributed by atoms with van der Waals surface area (Å²) in [5.74, 6) is 1.66. The lowest BCUT2D eigenvalue weighted by molar-refractivity contribution is 0.0594. The normalized spacial score (nSPS) is 14.1. The Morgan fingerprint density at radius 3 is 2.00 bits per heavy atom. The molecule has 1 fully saturated rings. The summed E-state index contributed by atoms with van der Waals surface area (Å²) in [7, 11) is 0. The smallest absolute Gasteiger partial charge is 0.253 e. The average molecular weight is 445 g/mol. The van der Waals surface area contributed by atoms with E-state index in [9.17, 15) is 9.59 Å². The van der Waals surface area contributed by atoms with E-state index in [4.69, 9.17) is 15.2 Å². The lowest BCUT2D eigenvalue weighted by atomic mass is 10.1. The Bertz CT molecular complexity index is 1130. The molecule has 0 spiro atoms. The van der Waals surface area contributed by atoms with E-state index in [1.165, 1.54) is 5.56 Å². The number of rotatable bonds is 6. The third-order valence-corrected chi connectivity index (χ3v) is 5.84. The van der Waals surface area contributed by atoms with Crippen LogP contribution in [0.2, 0.25) is 0 Å². The summed E-state index contributed by atoms with van der Waals surface area (Å²) < 4.78 is 12.0. The first-order chi connectivity index (χ1) is 15.9. The number of carbonyl (C=O) groups is 2. The van der Waals surface area contributed by atoms with Crippen molar-refractivity contribution in [2.24, 2.45) is 5.73 Å². The second-order valence-corrected chi connectivity index (χ2v) is 8.39. The van der Waals surface area contributed by atoms with E-state index in [1.54, 1.807) is 48.5 Å². The van der Waals surface area contributed by atoms with Crippen LogP contribution in [-0.4, -0.2) is 35.9 Å². The summed E-state index contributed by atoms with van der Waals surface area (Å²) in [5.41, 5.74) is 8.61. The highest BCUT2D eigenvalue weighted by molar-refractivity contribution is 5.94. The van der Waals surface area contributed by atoms with Crippen LogP contribution in [-0.2, 0) is 0 Å². The molecule has 33 heavy (non-hydrogen) atoms. The molecule has 4 rings (SSSR count). The maximum atomic E-state index is 12.9. The summed E-state index contributed by atoms with van der Waals surface area (Å²) in [6.45, 7) is 5.44. The van der Waals surface area contributed by atoms with Crippen molar-refractivity contribution in [3.8, 4) is 17.2 Å². The number of likely N-dealkylation sites (tertiary alicyclic amines) is 1. The number of benzene rings is 3. The van der Waals surface area contributed by atoms with Crippen LogP contribution in [0.25, 0.3) is 0 Å². The molecule has 2 amide bonds. The maximum absolute atomic E-state index is 12.9. The van der Waals surface area contributed by atoms with E-state index >= 15 is 0 Å². The van der Waals surface area contributed by atoms with Crippen molar-refractivity contribution in [3.63, 3.8) is 0 Å². The molecule has 3 aromatic carbocycles. The Morgan fingerprint density at radius 1 is 0.848 bits per heavy atom. The fourth-order valence-electron chi connectivity index (χ4n) is 3.86. The second kappa shape index (κ2) is 9.77. The Kier molecular flexibility index (Phi) is 6.63. The molecule has 0 atom stereocenters. The molecule has 0 saturated carbocycles. The zero-order chi connectivity index (χ0) is 23.4. The van der Waals surface area contributed by atoms with Crippen molar-refractivity contribution < 1.29 is 19.1 Å². The van der Waals surface area contributed by atoms with Crippen molar-refractivity contribution in [1.29, 1.82) is 0 Å². The summed E-state index contributed by atoms with van der Waals surface area (Å²) in [6.07, 6.45) is 1.73. The molecule has 6 nitrogen and oxygen atoms in total. The lowest BCUT2D eigenvalue weighted by Crippen LogP contribution is -2.41. The fourth-order valence-corrected chi connectivity index (χ4v) is 3.86. The number of ether oxygens (including phenoxy) is 2. The molecule has 0 unspecified atom stereocenters. The number of hydrogen-bond acceptors (Lipinski definition) is 4. The van der Waals surface area contributed by atoms with E-state index in [1.807, 2.05) is 4.90 Å². The standard InChI is InChI=1S/C27H28N2O4/c1-18-3-4-19(2)25(17-18)33-24-13-15-29(16-14-24)27(31)21-7-11-23(12-8-21)32-22-9-5-20(6-10-22)26(28)30/h3-12,17,24H,13-16H2,1-2H3,(H2,28,30). The quantitative estimate of drug-likeness (QED) is 0.588. The number of amides is 2. The maximum Gasteiger partial charge on any atom is 0.253 e. The third kappa shape index (κ3) is 5.52. The molecular weight excluding hydrogens is 416 g/mol. The lowest BCUT2D eigenvalue weighted by Gasteiger charge is -2.32. The number of nitrogens with zero attached hydrogens (tertiary/aromatic N) is 1. The van der Waals surface area contributed by atoms with Gasteiger partial charge < -0.3 is 20.1 Å². The molecule has 1 heterocycles. The van der Waals surface area contributed by atoms with Crippen molar-refractivity contribution in [2.75, 3.05) is 13.1 Å². The van der Waals surface area contributed by atoms with Crippen LogP contribution >= 0.6 is 0 Å². The minimum Gasteiger partial charge on any atom is -0.490 e. The molecule has 1 aliphatic heterocycles. The number of primary amides is 1. The van der Waals surface area contributed by atoms with Crippen LogP contribution in [0.1, 0.15) is 44.7 Å². The number of carbonyl (C=O) groups excluding carboxylic acids is 2. The van der Waals surface area contributed by atoms with E-state index < -0.39 is 5.91 Å². The van der Waals surface area contributed by atoms with E-state index in [0.29, 0.717) is 35.7 Å². The van der Waals surface area contributed by atoms with Gasteiger partial charge in [0.25, 0.3) is 5.91 Å². The van der Waals surface area contributed by atoms with Gasteiger partial charge in [0.05, 0.1) is 0 Å². The van der Waals surface area contributed by atoms with Gasteiger partial charge in [-0.15, -0.1) is 0 Å². The van der Waals surface area contributed by atoms with E-state index in [-0.39, 0.29) is 12.0 Å². The molecule has 2 N–H and O–H groups in total. The number of nitrogens with two attached hydrogens (primary N) is 1. The first kappa shape index (κ1) is 22.4. The predicted molar refractivity (Wildman–Crippen MR) is 127 cm³/mol. The Hall–Kier alpha value is -3.80. The summed E-state index contributed by atoms with van der Waals surface area (Å²) in [6, 6.07) is 19.9. The van der Waals surface area contributed by atoms with Gasteiger partial charge in [-0.05, 0) is 79.6 Å². The van der Waals surface area contributed by atoms with Gasteiger partial charge in [0.15, 0.2) is 0 Å². The van der Waals surface area contributed by atoms with Gasteiger partial charge >= 0.3 is 0 Å². The van der Waals surface area contributed by atoms with Gasteiger partial charge in [-0.3, -0.25) is 9.59 Å². The van der Waals surface area contributed by atoms with Crippen LogP contribution in [0.3, 0.4) is 0 Å². The van der Waals surface area contributed by atoms with Crippen LogP contribution in [0.15, 0.2) is 66.7 Å². The molecule has 3 aromatic rings. The van der Waals surface area contributed by atoms with E-state index in [0.717, 1.165) is 24.2 Å². The molecule has 0 aromatic heterocycles. The summed E-state index contributed by atoms with van der Waals surface area (Å²) >= 11 is 0. The zero-order valence-corrected chi connectivity index (χ0v) is 18.9. The van der Waals surface area contributed by atoms with Gasteiger partial charge in [-0.25, -0.2) is 0 Å². The molecule has 1 saturated heterocycles. The van der Waals surface area contributed by atoms with Gasteiger partial charge in [-0.2, -0.15) is 0 Å². The van der Waals surface area contributed by atoms with Gasteiger partial charge in [0.1, 0.15) is 23.4 Å². The van der Waals surface area contributed by atoms with Crippen LogP contribution in [0, 0.1) is 13.8 Å². The minimum atomic E-state index is -0.481. The van der Waals surface area contributed by atoms with Crippen molar-refractivity contribution >= 4 is 11.8 Å². The van der Waals surface area contributed by atoms with Crippen LogP contribution < -0.4 is 15.2 Å². The first-order valence-corrected chi connectivity index (χ1v) is 11.1. The molecule has 6 heteroatoms. The number of hydrogen-bond donors (Lipinski definition) is 1. The average Bonchev–Trinajstić information content (AvgIpc) is 2.82. The predicted octanol–water partition coefficient (Wildman–Crippen LogP) is 4.88. The van der Waals surface area contributed by atoms with Crippen LogP contribution in [0.5, 0.6) is 17.2 Å². The number of aryl methyl sites for hydroxylation is 2. The molecule has 0 bridgehead atoms. The fraction of sp³-hybridized carbons (Fsp3) is 0.259. The van der Waals surface area contributed by atoms with Gasteiger partial charge in [0.2, 0.25) is 5.91 Å². The first-order valence-electron chi connectivity index (χ1n) is 11.1. The molecule has 0 radical (unpaired) electrons. The van der Waals surface area contributed by atoms with Gasteiger partial charge in [0, 0.05) is 37.1 Å². The summed E-state index contributed by atoms with van der Waals surface area (Å²) in [4.78, 5) is 26.0. The molecular formula is C27H28N2O4. The van der Waals surface area contributed by atoms with Crippen molar-refractivity contribution in [3.05, 3.63) is 89.0 Å². The topological polar surface area (TPSA) is 81.9 Å². The summed E-state index contributed by atoms with van der Waals surface area (Å²) in [5, 5.41) is 0. The highest BCUT2D eigenvalue weighted by atomic mass is 16.5. The Balaban J connectivity index is 1.31. The number of piperidine rings is 1. The SMILES string of the molecule is Cc1ccc(C)c(OC2CCN(C(=O)c3ccc(Oc4ccc(C(N)=O)cc4)cc3)CC2)c1. The molecule has 0 aliphatic carbocycles. The van der Waals surface area contributed by atoms with Gasteiger partial charge in [-0.1, -0.05) is 12.1 Å². The Labute approximate surface area is 193 Å². The third-order valence-electron chi connectivity index (χ3n) is 5.84. The highest BCUT2D eigenvalue weighted by Gasteiger charge is 2.25. The zero-order valence-electron chi connectivity index (χ0n) is 18.9. The monoisotopic (exact) mass is 444 g/mol. The highest BCUT2D eigenvalue weighted by Crippen LogP contribution is 2.26. The van der Waals surface area contributed by atoms with Crippen LogP contribution in [0.4, 0.5) is 0 Å². The minimum absolute atomic E-state index is 0.0116. The van der Waals surface area contributed by atoms with Crippen molar-refractivity contribution in [2.45, 2.75) is 32.8 Å². The van der Waals surface area contributed by atoms with Crippen molar-refractivity contribution in [1.82, 2.24) is 4.90 Å². The molecule has 170 valence electrons. The van der Waals surface area contributed by atoms with E-state index in [2.05, 4.69) is 32.0 Å². The second-order valence-electron chi connectivity index (χ2n) is 8.39. The Morgan fingerprint density at radius 2 is 1.42 bits per heavy atom. The molecule has 1 aliphatic rings. The largest absolute Gasteiger partial charge is 0.490 e.